The molecule has 2 aliphatic heterocycles. The van der Waals surface area contributed by atoms with Gasteiger partial charge in [-0.25, -0.2) is 4.39 Å². The number of allylic oxidation sites excluding steroid dienone is 2. The Morgan fingerprint density at radius 2 is 2.03 bits per heavy atom. The highest BCUT2D eigenvalue weighted by Crippen LogP contribution is 2.60. The zero-order valence-corrected chi connectivity index (χ0v) is 19.5. The van der Waals surface area contributed by atoms with Crippen molar-refractivity contribution in [2.45, 2.75) is 35.9 Å². The van der Waals surface area contributed by atoms with Gasteiger partial charge in [-0.15, -0.1) is 23.4 Å². The van der Waals surface area contributed by atoms with E-state index in [1.165, 1.54) is 16.5 Å². The number of furan rings is 1. The summed E-state index contributed by atoms with van der Waals surface area (Å²) in [6.45, 7) is 1.56. The molecule has 170 valence electrons. The van der Waals surface area contributed by atoms with Crippen molar-refractivity contribution in [1.82, 2.24) is 4.90 Å². The fourth-order valence-corrected chi connectivity index (χ4v) is 6.57. The van der Waals surface area contributed by atoms with E-state index < -0.39 is 5.97 Å². The molecule has 1 atom stereocenters. The SMILES string of the molecule is O=C(O)C1CN(Cc2ccc(-c3cc4cc(C5(C6=CCC(Cl)S6)CC5)ccc4o3)c(F)c2)C1. The van der Waals surface area contributed by atoms with E-state index in [0.29, 0.717) is 31.0 Å². The topological polar surface area (TPSA) is 53.7 Å². The van der Waals surface area contributed by atoms with Gasteiger partial charge < -0.3 is 9.52 Å². The van der Waals surface area contributed by atoms with Crippen LogP contribution in [0.15, 0.2) is 57.9 Å². The minimum Gasteiger partial charge on any atom is -0.481 e. The molecule has 1 aromatic heterocycles. The van der Waals surface area contributed by atoms with E-state index in [1.807, 2.05) is 23.1 Å². The van der Waals surface area contributed by atoms with Crippen LogP contribution in [0.3, 0.4) is 0 Å². The summed E-state index contributed by atoms with van der Waals surface area (Å²) in [5.74, 6) is -0.901. The Morgan fingerprint density at radius 3 is 2.70 bits per heavy atom. The number of carboxylic acids is 1. The molecule has 1 N–H and O–H groups in total. The second-order valence-corrected chi connectivity index (χ2v) is 11.4. The van der Waals surface area contributed by atoms with E-state index in [0.717, 1.165) is 35.8 Å². The zero-order chi connectivity index (χ0) is 22.7. The van der Waals surface area contributed by atoms with E-state index in [4.69, 9.17) is 21.1 Å². The third-order valence-corrected chi connectivity index (χ3v) is 8.75. The van der Waals surface area contributed by atoms with Gasteiger partial charge in [0, 0.05) is 30.4 Å². The monoisotopic (exact) mass is 483 g/mol. The minimum absolute atomic E-state index is 0.0866. The van der Waals surface area contributed by atoms with E-state index in [-0.39, 0.29) is 21.9 Å². The second-order valence-electron chi connectivity index (χ2n) is 9.32. The number of rotatable bonds is 6. The fourth-order valence-electron chi connectivity index (χ4n) is 4.99. The fraction of sp³-hybridized carbons (Fsp3) is 0.346. The molecule has 2 fully saturated rings. The Morgan fingerprint density at radius 1 is 1.21 bits per heavy atom. The largest absolute Gasteiger partial charge is 0.481 e. The van der Waals surface area contributed by atoms with Gasteiger partial charge in [0.05, 0.1) is 16.2 Å². The van der Waals surface area contributed by atoms with Crippen molar-refractivity contribution in [1.29, 1.82) is 0 Å². The second kappa shape index (κ2) is 7.90. The first kappa shape index (κ1) is 21.3. The first-order chi connectivity index (χ1) is 15.9. The average Bonchev–Trinajstić information content (AvgIpc) is 3.26. The number of carboxylic acid groups (broad SMARTS) is 1. The van der Waals surface area contributed by atoms with Crippen LogP contribution in [0.5, 0.6) is 0 Å². The standard InChI is InChI=1S/C26H23ClFNO3S/c27-24-6-5-23(33-24)26(7-8-26)18-2-4-21-16(10-18)11-22(32-21)19-3-1-15(9-20(19)28)12-29-13-17(14-29)25(30)31/h1-5,9-11,17,24H,6-8,12-14H2,(H,30,31). The summed E-state index contributed by atoms with van der Waals surface area (Å²) < 4.78 is 21.1. The van der Waals surface area contributed by atoms with Gasteiger partial charge in [0.1, 0.15) is 17.2 Å². The molecule has 0 radical (unpaired) electrons. The van der Waals surface area contributed by atoms with Crippen molar-refractivity contribution in [3.63, 3.8) is 0 Å². The molecule has 1 aliphatic carbocycles. The average molecular weight is 484 g/mol. The van der Waals surface area contributed by atoms with Crippen molar-refractivity contribution >= 4 is 40.3 Å². The molecule has 7 heteroatoms. The van der Waals surface area contributed by atoms with Crippen LogP contribution in [-0.4, -0.2) is 33.8 Å². The number of fused-ring (bicyclic) bond motifs is 1. The lowest BCUT2D eigenvalue weighted by molar-refractivity contribution is -0.147. The molecular weight excluding hydrogens is 461 g/mol. The molecule has 3 heterocycles. The molecule has 0 bridgehead atoms. The number of alkyl halides is 1. The molecule has 1 saturated heterocycles. The Hall–Kier alpha value is -2.28. The minimum atomic E-state index is -0.768. The number of thioether (sulfide) groups is 1. The van der Waals surface area contributed by atoms with Gasteiger partial charge in [-0.2, -0.15) is 0 Å². The Kier molecular flexibility index (Phi) is 5.09. The number of carbonyl (C=O) groups is 1. The number of hydrogen-bond donors (Lipinski definition) is 1. The van der Waals surface area contributed by atoms with Crippen LogP contribution in [-0.2, 0) is 16.8 Å². The van der Waals surface area contributed by atoms with Crippen LogP contribution in [0.4, 0.5) is 4.39 Å². The Balaban J connectivity index is 1.23. The summed E-state index contributed by atoms with van der Waals surface area (Å²) in [6.07, 6.45) is 5.45. The first-order valence-corrected chi connectivity index (χ1v) is 12.5. The molecule has 0 amide bonds. The van der Waals surface area contributed by atoms with Crippen LogP contribution < -0.4 is 0 Å². The number of hydrogen-bond acceptors (Lipinski definition) is 4. The van der Waals surface area contributed by atoms with Gasteiger partial charge in [-0.1, -0.05) is 18.2 Å². The molecule has 4 nitrogen and oxygen atoms in total. The predicted molar refractivity (Wildman–Crippen MR) is 129 cm³/mol. The maximum atomic E-state index is 15.0. The third kappa shape index (κ3) is 3.78. The van der Waals surface area contributed by atoms with Gasteiger partial charge in [0.2, 0.25) is 0 Å². The summed E-state index contributed by atoms with van der Waals surface area (Å²) in [4.78, 5) is 14.3. The highest BCUT2D eigenvalue weighted by molar-refractivity contribution is 8.05. The Labute approximate surface area is 200 Å². The van der Waals surface area contributed by atoms with Gasteiger partial charge in [-0.05, 0) is 65.6 Å². The molecule has 3 aliphatic rings. The Bertz CT molecular complexity index is 1290. The van der Waals surface area contributed by atoms with Crippen LogP contribution in [0, 0.1) is 11.7 Å². The first-order valence-electron chi connectivity index (χ1n) is 11.2. The number of benzene rings is 2. The molecule has 1 saturated carbocycles. The third-order valence-electron chi connectivity index (χ3n) is 7.05. The van der Waals surface area contributed by atoms with Gasteiger partial charge >= 0.3 is 5.97 Å². The van der Waals surface area contributed by atoms with Crippen molar-refractivity contribution in [3.05, 3.63) is 70.4 Å². The number of aliphatic carboxylic acids is 1. The van der Waals surface area contributed by atoms with E-state index >= 15 is 0 Å². The summed E-state index contributed by atoms with van der Waals surface area (Å²) in [5.41, 5.74) is 3.37. The molecule has 1 unspecified atom stereocenters. The lowest BCUT2D eigenvalue weighted by Gasteiger charge is -2.36. The predicted octanol–water partition coefficient (Wildman–Crippen LogP) is 6.37. The lowest BCUT2D eigenvalue weighted by Crippen LogP contribution is -2.49. The van der Waals surface area contributed by atoms with E-state index in [2.05, 4.69) is 18.2 Å². The lowest BCUT2D eigenvalue weighted by atomic mass is 9.94. The van der Waals surface area contributed by atoms with Crippen LogP contribution in [0.25, 0.3) is 22.3 Å². The maximum Gasteiger partial charge on any atom is 0.309 e. The number of nitrogens with zero attached hydrogens (tertiary/aromatic N) is 1. The molecule has 33 heavy (non-hydrogen) atoms. The van der Waals surface area contributed by atoms with E-state index in [1.54, 1.807) is 17.8 Å². The normalized spacial score (nSPS) is 22.4. The van der Waals surface area contributed by atoms with Crippen molar-refractivity contribution in [3.8, 4) is 11.3 Å². The summed E-state index contributed by atoms with van der Waals surface area (Å²) in [7, 11) is 0. The zero-order valence-electron chi connectivity index (χ0n) is 17.9. The highest BCUT2D eigenvalue weighted by Gasteiger charge is 2.49. The van der Waals surface area contributed by atoms with E-state index in [9.17, 15) is 9.18 Å². The van der Waals surface area contributed by atoms with Crippen LogP contribution in [0.2, 0.25) is 0 Å². The summed E-state index contributed by atoms with van der Waals surface area (Å²) in [6, 6.07) is 13.4. The van der Waals surface area contributed by atoms with Crippen LogP contribution in [0.1, 0.15) is 30.4 Å². The molecular formula is C26H23ClFNO3S. The smallest absolute Gasteiger partial charge is 0.309 e. The summed E-state index contributed by atoms with van der Waals surface area (Å²) >= 11 is 8.09. The molecule has 0 spiro atoms. The van der Waals surface area contributed by atoms with Crippen molar-refractivity contribution < 1.29 is 18.7 Å². The van der Waals surface area contributed by atoms with Crippen molar-refractivity contribution in [2.24, 2.45) is 5.92 Å². The quantitative estimate of drug-likeness (QED) is 0.413. The van der Waals surface area contributed by atoms with Crippen LogP contribution >= 0.6 is 23.4 Å². The molecule has 6 rings (SSSR count). The maximum absolute atomic E-state index is 15.0. The van der Waals surface area contributed by atoms with Gasteiger partial charge in [0.25, 0.3) is 0 Å². The molecule has 3 aromatic rings. The number of halogens is 2. The summed E-state index contributed by atoms with van der Waals surface area (Å²) in [5, 5.41) is 9.98. The highest BCUT2D eigenvalue weighted by atomic mass is 35.5. The van der Waals surface area contributed by atoms with Crippen molar-refractivity contribution in [2.75, 3.05) is 13.1 Å². The van der Waals surface area contributed by atoms with Gasteiger partial charge in [0.15, 0.2) is 0 Å². The molecule has 2 aromatic carbocycles. The number of likely N-dealkylation sites (tertiary alicyclic amines) is 1. The van der Waals surface area contributed by atoms with Gasteiger partial charge in [-0.3, -0.25) is 9.69 Å².